The number of ether oxygens (including phenoxy) is 3. The molecule has 1 heterocycles. The minimum Gasteiger partial charge on any atom is -0.490 e. The number of carbonyl (C=O) groups is 1. The molecule has 2 aromatic rings. The molecule has 0 aliphatic carbocycles. The molecule has 2 rings (SSSR count). The van der Waals surface area contributed by atoms with Gasteiger partial charge >= 0.3 is 6.03 Å². The molecule has 0 saturated heterocycles. The number of pyridine rings is 1. The summed E-state index contributed by atoms with van der Waals surface area (Å²) < 4.78 is 16.9. The van der Waals surface area contributed by atoms with Crippen LogP contribution in [0.25, 0.3) is 0 Å². The van der Waals surface area contributed by atoms with Gasteiger partial charge in [-0.3, -0.25) is 5.32 Å². The monoisotopic (exact) mass is 359 g/mol. The van der Waals surface area contributed by atoms with E-state index >= 15 is 0 Å². The van der Waals surface area contributed by atoms with E-state index in [-0.39, 0.29) is 0 Å². The number of nitrogens with one attached hydrogen (secondary N) is 2. The Morgan fingerprint density at radius 3 is 2.12 bits per heavy atom. The Morgan fingerprint density at radius 2 is 1.58 bits per heavy atom. The van der Waals surface area contributed by atoms with Gasteiger partial charge in [0.05, 0.1) is 25.5 Å². The fourth-order valence-electron chi connectivity index (χ4n) is 2.34. The molecule has 26 heavy (non-hydrogen) atoms. The van der Waals surface area contributed by atoms with Gasteiger partial charge in [-0.05, 0) is 45.4 Å². The SMILES string of the molecule is CCOc1cc(NC(=O)Nc2cc(C)ccn2)cc(OCC)c1OCC. The molecule has 0 spiro atoms. The minimum absolute atomic E-state index is 0.405. The lowest BCUT2D eigenvalue weighted by Gasteiger charge is -2.17. The Hall–Kier alpha value is -2.96. The highest BCUT2D eigenvalue weighted by Gasteiger charge is 2.16. The molecule has 7 nitrogen and oxygen atoms in total. The number of hydrogen-bond acceptors (Lipinski definition) is 5. The molecule has 7 heteroatoms. The van der Waals surface area contributed by atoms with Crippen LogP contribution in [0.2, 0.25) is 0 Å². The highest BCUT2D eigenvalue weighted by molar-refractivity contribution is 5.99. The number of hydrogen-bond donors (Lipinski definition) is 2. The van der Waals surface area contributed by atoms with Gasteiger partial charge in [-0.15, -0.1) is 0 Å². The summed E-state index contributed by atoms with van der Waals surface area (Å²) in [5.74, 6) is 2.04. The Morgan fingerprint density at radius 1 is 0.962 bits per heavy atom. The molecule has 2 N–H and O–H groups in total. The Balaban J connectivity index is 2.22. The predicted octanol–water partition coefficient (Wildman–Crippen LogP) is 4.23. The van der Waals surface area contributed by atoms with Gasteiger partial charge in [-0.2, -0.15) is 0 Å². The van der Waals surface area contributed by atoms with Crippen LogP contribution < -0.4 is 24.8 Å². The van der Waals surface area contributed by atoms with Crippen LogP contribution in [0.5, 0.6) is 17.2 Å². The van der Waals surface area contributed by atoms with E-state index in [1.807, 2.05) is 33.8 Å². The second kappa shape index (κ2) is 9.50. The van der Waals surface area contributed by atoms with E-state index in [0.29, 0.717) is 48.6 Å². The van der Waals surface area contributed by atoms with Crippen LogP contribution in [0, 0.1) is 6.92 Å². The van der Waals surface area contributed by atoms with Crippen molar-refractivity contribution in [2.75, 3.05) is 30.5 Å². The third kappa shape index (κ3) is 5.27. The molecule has 1 aromatic carbocycles. The van der Waals surface area contributed by atoms with Gasteiger partial charge in [-0.25, -0.2) is 9.78 Å². The molecule has 0 saturated carbocycles. The Labute approximate surface area is 153 Å². The van der Waals surface area contributed by atoms with Gasteiger partial charge in [-0.1, -0.05) is 0 Å². The van der Waals surface area contributed by atoms with E-state index in [2.05, 4.69) is 15.6 Å². The quantitative estimate of drug-likeness (QED) is 0.737. The second-order valence-corrected chi connectivity index (χ2v) is 5.40. The van der Waals surface area contributed by atoms with Crippen molar-refractivity contribution >= 4 is 17.5 Å². The lowest BCUT2D eigenvalue weighted by atomic mass is 10.2. The number of anilines is 2. The first-order valence-corrected chi connectivity index (χ1v) is 8.64. The van der Waals surface area contributed by atoms with Crippen molar-refractivity contribution in [3.63, 3.8) is 0 Å². The first kappa shape index (κ1) is 19.4. The van der Waals surface area contributed by atoms with Gasteiger partial charge in [0.25, 0.3) is 0 Å². The molecule has 0 bridgehead atoms. The number of carbonyl (C=O) groups excluding carboxylic acids is 1. The summed E-state index contributed by atoms with van der Waals surface area (Å²) in [5.41, 5.74) is 1.54. The fourth-order valence-corrected chi connectivity index (χ4v) is 2.34. The highest BCUT2D eigenvalue weighted by Crippen LogP contribution is 2.40. The molecule has 0 aliphatic rings. The van der Waals surface area contributed by atoms with Crippen molar-refractivity contribution in [2.45, 2.75) is 27.7 Å². The lowest BCUT2D eigenvalue weighted by molar-refractivity contribution is 0.260. The van der Waals surface area contributed by atoms with Gasteiger partial charge < -0.3 is 19.5 Å². The van der Waals surface area contributed by atoms with Crippen molar-refractivity contribution in [1.82, 2.24) is 4.98 Å². The molecule has 0 radical (unpaired) electrons. The highest BCUT2D eigenvalue weighted by atomic mass is 16.5. The van der Waals surface area contributed by atoms with Crippen molar-refractivity contribution in [2.24, 2.45) is 0 Å². The molecule has 140 valence electrons. The van der Waals surface area contributed by atoms with E-state index < -0.39 is 6.03 Å². The van der Waals surface area contributed by atoms with Crippen molar-refractivity contribution in [1.29, 1.82) is 0 Å². The summed E-state index contributed by atoms with van der Waals surface area (Å²) in [4.78, 5) is 16.4. The zero-order valence-electron chi connectivity index (χ0n) is 15.6. The van der Waals surface area contributed by atoms with Gasteiger partial charge in [0.15, 0.2) is 11.5 Å². The topological polar surface area (TPSA) is 81.7 Å². The Bertz CT molecular complexity index is 722. The molecule has 0 fully saturated rings. The van der Waals surface area contributed by atoms with E-state index in [9.17, 15) is 4.79 Å². The van der Waals surface area contributed by atoms with E-state index in [4.69, 9.17) is 14.2 Å². The minimum atomic E-state index is -0.405. The van der Waals surface area contributed by atoms with Crippen LogP contribution in [-0.2, 0) is 0 Å². The number of benzene rings is 1. The van der Waals surface area contributed by atoms with Crippen LogP contribution >= 0.6 is 0 Å². The third-order valence-corrected chi connectivity index (χ3v) is 3.32. The van der Waals surface area contributed by atoms with Crippen molar-refractivity contribution < 1.29 is 19.0 Å². The van der Waals surface area contributed by atoms with E-state index in [1.54, 1.807) is 24.4 Å². The Kier molecular flexibility index (Phi) is 7.08. The van der Waals surface area contributed by atoms with Gasteiger partial charge in [0, 0.05) is 18.3 Å². The standard InChI is InChI=1S/C19H25N3O4/c1-5-24-15-11-14(12-16(25-6-2)18(15)26-7-3)21-19(23)22-17-10-13(4)8-9-20-17/h8-12H,5-7H2,1-4H3,(H2,20,21,22,23). The third-order valence-electron chi connectivity index (χ3n) is 3.32. The maximum Gasteiger partial charge on any atom is 0.324 e. The number of aromatic nitrogens is 1. The van der Waals surface area contributed by atoms with Crippen LogP contribution in [-0.4, -0.2) is 30.8 Å². The van der Waals surface area contributed by atoms with Crippen LogP contribution in [0.3, 0.4) is 0 Å². The lowest BCUT2D eigenvalue weighted by Crippen LogP contribution is -2.20. The van der Waals surface area contributed by atoms with Crippen LogP contribution in [0.1, 0.15) is 26.3 Å². The summed E-state index contributed by atoms with van der Waals surface area (Å²) in [5, 5.41) is 5.47. The maximum atomic E-state index is 12.3. The normalized spacial score (nSPS) is 10.2. The summed E-state index contributed by atoms with van der Waals surface area (Å²) in [6, 6.07) is 6.66. The van der Waals surface area contributed by atoms with E-state index in [1.165, 1.54) is 0 Å². The first-order chi connectivity index (χ1) is 12.6. The van der Waals surface area contributed by atoms with Crippen molar-refractivity contribution in [3.8, 4) is 17.2 Å². The molecular formula is C19H25N3O4. The summed E-state index contributed by atoms with van der Waals surface area (Å²) in [6.07, 6.45) is 1.64. The zero-order valence-corrected chi connectivity index (χ0v) is 15.6. The molecule has 2 amide bonds. The molecule has 1 aromatic heterocycles. The molecular weight excluding hydrogens is 334 g/mol. The largest absolute Gasteiger partial charge is 0.490 e. The van der Waals surface area contributed by atoms with Crippen LogP contribution in [0.4, 0.5) is 16.3 Å². The predicted molar refractivity (Wildman–Crippen MR) is 102 cm³/mol. The number of aryl methyl sites for hydroxylation is 1. The number of nitrogens with zero attached hydrogens (tertiary/aromatic N) is 1. The average Bonchev–Trinajstić information content (AvgIpc) is 2.58. The van der Waals surface area contributed by atoms with Gasteiger partial charge in [0.1, 0.15) is 5.82 Å². The van der Waals surface area contributed by atoms with E-state index in [0.717, 1.165) is 5.56 Å². The average molecular weight is 359 g/mol. The van der Waals surface area contributed by atoms with Gasteiger partial charge in [0.2, 0.25) is 5.75 Å². The second-order valence-electron chi connectivity index (χ2n) is 5.40. The number of amides is 2. The zero-order chi connectivity index (χ0) is 18.9. The number of urea groups is 1. The maximum absolute atomic E-state index is 12.3. The molecule has 0 aliphatic heterocycles. The summed E-state index contributed by atoms with van der Waals surface area (Å²) >= 11 is 0. The van der Waals surface area contributed by atoms with Crippen molar-refractivity contribution in [3.05, 3.63) is 36.0 Å². The number of rotatable bonds is 8. The molecule has 0 atom stereocenters. The first-order valence-electron chi connectivity index (χ1n) is 8.64. The molecule has 0 unspecified atom stereocenters. The fraction of sp³-hybridized carbons (Fsp3) is 0.368. The van der Waals surface area contributed by atoms with Crippen LogP contribution in [0.15, 0.2) is 30.5 Å². The smallest absolute Gasteiger partial charge is 0.324 e. The summed E-state index contributed by atoms with van der Waals surface area (Å²) in [7, 11) is 0. The summed E-state index contributed by atoms with van der Waals surface area (Å²) in [6.45, 7) is 8.99.